The Morgan fingerprint density at radius 3 is 2.96 bits per heavy atom. The van der Waals surface area contributed by atoms with Crippen LogP contribution in [0.1, 0.15) is 29.5 Å². The maximum absolute atomic E-state index is 13.8. The molecule has 0 atom stereocenters. The molecule has 27 heavy (non-hydrogen) atoms. The molecule has 0 saturated heterocycles. The van der Waals surface area contributed by atoms with E-state index in [1.165, 1.54) is 39.7 Å². The quantitative estimate of drug-likeness (QED) is 0.518. The molecule has 1 fully saturated rings. The van der Waals surface area contributed by atoms with Crippen molar-refractivity contribution in [3.8, 4) is 11.4 Å². The molecule has 1 aliphatic carbocycles. The van der Waals surface area contributed by atoms with Crippen LogP contribution in [-0.4, -0.2) is 29.8 Å². The zero-order chi connectivity index (χ0) is 18.4. The van der Waals surface area contributed by atoms with E-state index in [1.54, 1.807) is 18.2 Å². The summed E-state index contributed by atoms with van der Waals surface area (Å²) in [7, 11) is 0. The molecule has 0 bridgehead atoms. The average Bonchev–Trinajstić information content (AvgIpc) is 3.24. The number of halogens is 1. The van der Waals surface area contributed by atoms with Crippen molar-refractivity contribution in [2.24, 2.45) is 0 Å². The average molecular weight is 400 g/mol. The van der Waals surface area contributed by atoms with E-state index in [0.717, 1.165) is 17.8 Å². The highest BCUT2D eigenvalue weighted by molar-refractivity contribution is 7.98. The van der Waals surface area contributed by atoms with E-state index in [1.807, 2.05) is 0 Å². The Kier molecular flexibility index (Phi) is 4.01. The third-order valence-electron chi connectivity index (χ3n) is 4.18. The fraction of sp³-hybridized carbons (Fsp3) is 0.235. The van der Waals surface area contributed by atoms with Crippen LogP contribution in [0.5, 0.6) is 0 Å². The Hall–Kier alpha value is -2.59. The fourth-order valence-electron chi connectivity index (χ4n) is 2.66. The number of hydrogen-bond donors (Lipinski definition) is 1. The predicted molar refractivity (Wildman–Crippen MR) is 100 cm³/mol. The molecule has 0 spiro atoms. The van der Waals surface area contributed by atoms with E-state index in [2.05, 4.69) is 25.3 Å². The number of hydrogen-bond acceptors (Lipinski definition) is 7. The molecule has 3 heterocycles. The fourth-order valence-corrected chi connectivity index (χ4v) is 4.45. The second-order valence-corrected chi connectivity index (χ2v) is 8.16. The summed E-state index contributed by atoms with van der Waals surface area (Å²) in [4.78, 5) is 21.7. The lowest BCUT2D eigenvalue weighted by molar-refractivity contribution is 0.630. The Labute approximate surface area is 160 Å². The van der Waals surface area contributed by atoms with Crippen LogP contribution in [0, 0.1) is 5.82 Å². The van der Waals surface area contributed by atoms with E-state index < -0.39 is 0 Å². The van der Waals surface area contributed by atoms with Crippen LogP contribution in [0.4, 0.5) is 4.39 Å². The number of nitrogens with one attached hydrogen (secondary N) is 1. The second kappa shape index (κ2) is 6.54. The van der Waals surface area contributed by atoms with Gasteiger partial charge in [0.1, 0.15) is 10.8 Å². The van der Waals surface area contributed by atoms with Crippen molar-refractivity contribution in [1.29, 1.82) is 0 Å². The minimum atomic E-state index is -0.359. The zero-order valence-electron chi connectivity index (χ0n) is 13.9. The third kappa shape index (κ3) is 3.26. The van der Waals surface area contributed by atoms with Gasteiger partial charge in [-0.1, -0.05) is 35.2 Å². The third-order valence-corrected chi connectivity index (χ3v) is 6.14. The van der Waals surface area contributed by atoms with Gasteiger partial charge < -0.3 is 0 Å². The van der Waals surface area contributed by atoms with E-state index in [4.69, 9.17) is 0 Å². The van der Waals surface area contributed by atoms with Gasteiger partial charge in [-0.2, -0.15) is 9.61 Å². The number of rotatable bonds is 5. The molecule has 10 heteroatoms. The first kappa shape index (κ1) is 16.6. The number of aromatic nitrogens is 6. The Morgan fingerprint density at radius 2 is 2.15 bits per heavy atom. The molecule has 7 nitrogen and oxygen atoms in total. The summed E-state index contributed by atoms with van der Waals surface area (Å²) in [6.07, 6.45) is 2.26. The number of nitrogens with zero attached hydrogens (tertiary/aromatic N) is 5. The van der Waals surface area contributed by atoms with Crippen molar-refractivity contribution in [3.05, 3.63) is 57.2 Å². The van der Waals surface area contributed by atoms with Crippen molar-refractivity contribution in [2.75, 3.05) is 0 Å². The normalized spacial score (nSPS) is 14.1. The molecule has 1 aliphatic rings. The predicted octanol–water partition coefficient (Wildman–Crippen LogP) is 3.24. The number of aromatic amines is 1. The lowest BCUT2D eigenvalue weighted by Gasteiger charge is -1.98. The van der Waals surface area contributed by atoms with Gasteiger partial charge in [0.05, 0.1) is 11.3 Å². The number of H-pyrrole nitrogens is 1. The van der Waals surface area contributed by atoms with Gasteiger partial charge in [-0.15, -0.1) is 5.10 Å². The van der Waals surface area contributed by atoms with Crippen molar-refractivity contribution in [2.45, 2.75) is 29.7 Å². The smallest absolute Gasteiger partial charge is 0.267 e. The highest BCUT2D eigenvalue weighted by Gasteiger charge is 2.28. The summed E-state index contributed by atoms with van der Waals surface area (Å²) < 4.78 is 15.2. The van der Waals surface area contributed by atoms with Crippen LogP contribution in [0.3, 0.4) is 0 Å². The SMILES string of the molecule is O=c1cc(CSc2n[nH]c(-c3ccccc3F)n2)nc2sc(C3CC3)nn12. The molecule has 1 saturated carbocycles. The lowest BCUT2D eigenvalue weighted by atomic mass is 10.2. The van der Waals surface area contributed by atoms with Crippen LogP contribution >= 0.6 is 23.1 Å². The lowest BCUT2D eigenvalue weighted by Crippen LogP contribution is -2.15. The molecule has 1 N–H and O–H groups in total. The molecule has 1 aromatic carbocycles. The van der Waals surface area contributed by atoms with E-state index in [-0.39, 0.29) is 11.4 Å². The maximum atomic E-state index is 13.8. The number of fused-ring (bicyclic) bond motifs is 1. The van der Waals surface area contributed by atoms with Gasteiger partial charge in [-0.05, 0) is 25.0 Å². The summed E-state index contributed by atoms with van der Waals surface area (Å²) in [6.45, 7) is 0. The highest BCUT2D eigenvalue weighted by atomic mass is 32.2. The Morgan fingerprint density at radius 1 is 1.30 bits per heavy atom. The first-order valence-electron chi connectivity index (χ1n) is 8.37. The zero-order valence-corrected chi connectivity index (χ0v) is 15.6. The van der Waals surface area contributed by atoms with E-state index in [9.17, 15) is 9.18 Å². The van der Waals surface area contributed by atoms with Gasteiger partial charge >= 0.3 is 0 Å². The van der Waals surface area contributed by atoms with Crippen molar-refractivity contribution < 1.29 is 4.39 Å². The van der Waals surface area contributed by atoms with Gasteiger partial charge in [0.2, 0.25) is 10.1 Å². The van der Waals surface area contributed by atoms with Crippen LogP contribution < -0.4 is 5.56 Å². The summed E-state index contributed by atoms with van der Waals surface area (Å²) in [5.74, 6) is 0.938. The first-order chi connectivity index (χ1) is 13.2. The first-order valence-corrected chi connectivity index (χ1v) is 10.2. The molecule has 0 aliphatic heterocycles. The van der Waals surface area contributed by atoms with Gasteiger partial charge in [-0.25, -0.2) is 14.4 Å². The van der Waals surface area contributed by atoms with Crippen LogP contribution in [-0.2, 0) is 5.75 Å². The monoisotopic (exact) mass is 400 g/mol. The second-order valence-electron chi connectivity index (χ2n) is 6.23. The Bertz CT molecular complexity index is 1200. The minimum Gasteiger partial charge on any atom is -0.267 e. The molecule has 5 rings (SSSR count). The van der Waals surface area contributed by atoms with Crippen molar-refractivity contribution >= 4 is 28.1 Å². The van der Waals surface area contributed by atoms with E-state index in [0.29, 0.717) is 38.9 Å². The molecule has 136 valence electrons. The van der Waals surface area contributed by atoms with Gasteiger partial charge in [0, 0.05) is 17.7 Å². The summed E-state index contributed by atoms with van der Waals surface area (Å²) in [5, 5.41) is 12.7. The number of benzene rings is 1. The molecule has 3 aromatic heterocycles. The molecular formula is C17H13FN6OS2. The van der Waals surface area contributed by atoms with Crippen molar-refractivity contribution in [3.63, 3.8) is 0 Å². The van der Waals surface area contributed by atoms with Gasteiger partial charge in [0.15, 0.2) is 5.82 Å². The topological polar surface area (TPSA) is 88.8 Å². The standard InChI is InChI=1S/C17H13FN6OS2/c18-12-4-2-1-3-11(12)14-20-16(22-21-14)26-8-10-7-13(25)24-17(19-10)27-15(23-24)9-5-6-9/h1-4,7,9H,5-6,8H2,(H,20,21,22). The molecule has 4 aromatic rings. The van der Waals surface area contributed by atoms with Crippen LogP contribution in [0.15, 0.2) is 40.3 Å². The van der Waals surface area contributed by atoms with Gasteiger partial charge in [-0.3, -0.25) is 9.89 Å². The van der Waals surface area contributed by atoms with Crippen LogP contribution in [0.2, 0.25) is 0 Å². The number of thioether (sulfide) groups is 1. The molecule has 0 unspecified atom stereocenters. The minimum absolute atomic E-state index is 0.180. The summed E-state index contributed by atoms with van der Waals surface area (Å²) in [6, 6.07) is 7.87. The maximum Gasteiger partial charge on any atom is 0.275 e. The summed E-state index contributed by atoms with van der Waals surface area (Å²) in [5.41, 5.74) is 0.834. The van der Waals surface area contributed by atoms with E-state index >= 15 is 0 Å². The largest absolute Gasteiger partial charge is 0.275 e. The Balaban J connectivity index is 1.36. The van der Waals surface area contributed by atoms with Crippen molar-refractivity contribution in [1.82, 2.24) is 29.8 Å². The highest BCUT2D eigenvalue weighted by Crippen LogP contribution is 2.41. The van der Waals surface area contributed by atoms with Gasteiger partial charge in [0.25, 0.3) is 5.56 Å². The molecular weight excluding hydrogens is 387 g/mol. The molecule has 0 radical (unpaired) electrons. The van der Waals surface area contributed by atoms with Crippen LogP contribution in [0.25, 0.3) is 16.3 Å². The summed E-state index contributed by atoms with van der Waals surface area (Å²) >= 11 is 2.81. The molecule has 0 amide bonds.